The molecule has 0 aliphatic carbocycles. The maximum atomic E-state index is 12.6. The SMILES string of the molecule is FC(F)(F)c1ccc(N2CCC(NCc3ccccc3Cl)CC2)nc1. The van der Waals surface area contributed by atoms with Crippen LogP contribution < -0.4 is 10.2 Å². The molecule has 0 radical (unpaired) electrons. The molecule has 7 heteroatoms. The molecular weight excluding hydrogens is 351 g/mol. The highest BCUT2D eigenvalue weighted by molar-refractivity contribution is 6.31. The predicted molar refractivity (Wildman–Crippen MR) is 92.8 cm³/mol. The van der Waals surface area contributed by atoms with E-state index in [9.17, 15) is 13.2 Å². The number of nitrogens with zero attached hydrogens (tertiary/aromatic N) is 2. The van der Waals surface area contributed by atoms with E-state index >= 15 is 0 Å². The molecule has 2 heterocycles. The van der Waals surface area contributed by atoms with Gasteiger partial charge in [0.1, 0.15) is 5.82 Å². The normalized spacial score (nSPS) is 16.2. The summed E-state index contributed by atoms with van der Waals surface area (Å²) in [6.45, 7) is 2.24. The van der Waals surface area contributed by atoms with Crippen molar-refractivity contribution in [1.82, 2.24) is 10.3 Å². The summed E-state index contributed by atoms with van der Waals surface area (Å²) >= 11 is 6.15. The number of benzene rings is 1. The Balaban J connectivity index is 1.51. The van der Waals surface area contributed by atoms with Gasteiger partial charge in [0.25, 0.3) is 0 Å². The Labute approximate surface area is 149 Å². The van der Waals surface area contributed by atoms with Gasteiger partial charge in [-0.25, -0.2) is 4.98 Å². The van der Waals surface area contributed by atoms with E-state index in [-0.39, 0.29) is 0 Å². The molecule has 1 aromatic heterocycles. The average molecular weight is 370 g/mol. The summed E-state index contributed by atoms with van der Waals surface area (Å²) in [4.78, 5) is 5.99. The average Bonchev–Trinajstić information content (AvgIpc) is 2.61. The highest BCUT2D eigenvalue weighted by atomic mass is 35.5. The van der Waals surface area contributed by atoms with Gasteiger partial charge in [-0.15, -0.1) is 0 Å². The smallest absolute Gasteiger partial charge is 0.357 e. The third kappa shape index (κ3) is 4.64. The van der Waals surface area contributed by atoms with Crippen LogP contribution in [0.3, 0.4) is 0 Å². The molecule has 0 bridgehead atoms. The first-order valence-corrected chi connectivity index (χ1v) is 8.56. The second kappa shape index (κ2) is 7.62. The zero-order valence-electron chi connectivity index (χ0n) is 13.6. The molecule has 2 aromatic rings. The summed E-state index contributed by atoms with van der Waals surface area (Å²) in [6.07, 6.45) is -1.63. The van der Waals surface area contributed by atoms with Crippen molar-refractivity contribution in [3.8, 4) is 0 Å². The molecule has 1 saturated heterocycles. The van der Waals surface area contributed by atoms with Gasteiger partial charge in [0, 0.05) is 36.9 Å². The zero-order valence-corrected chi connectivity index (χ0v) is 14.3. The van der Waals surface area contributed by atoms with Crippen molar-refractivity contribution in [1.29, 1.82) is 0 Å². The molecule has 1 aliphatic heterocycles. The summed E-state index contributed by atoms with van der Waals surface area (Å²) in [7, 11) is 0. The summed E-state index contributed by atoms with van der Waals surface area (Å²) in [6, 6.07) is 10.6. The van der Waals surface area contributed by atoms with E-state index in [4.69, 9.17) is 11.6 Å². The second-order valence-electron chi connectivity index (χ2n) is 6.14. The third-order valence-corrected chi connectivity index (χ3v) is 4.80. The lowest BCUT2D eigenvalue weighted by molar-refractivity contribution is -0.137. The first-order valence-electron chi connectivity index (χ1n) is 8.18. The summed E-state index contributed by atoms with van der Waals surface area (Å²) in [5.74, 6) is 0.595. The van der Waals surface area contributed by atoms with Gasteiger partial charge in [-0.3, -0.25) is 0 Å². The highest BCUT2D eigenvalue weighted by Gasteiger charge is 2.31. The zero-order chi connectivity index (χ0) is 17.9. The molecule has 0 amide bonds. The van der Waals surface area contributed by atoms with Crippen LogP contribution in [0.2, 0.25) is 5.02 Å². The minimum Gasteiger partial charge on any atom is -0.357 e. The van der Waals surface area contributed by atoms with E-state index in [0.717, 1.165) is 48.8 Å². The lowest BCUT2D eigenvalue weighted by Gasteiger charge is -2.33. The maximum Gasteiger partial charge on any atom is 0.417 e. The van der Waals surface area contributed by atoms with Gasteiger partial charge in [-0.1, -0.05) is 29.8 Å². The minimum atomic E-state index is -4.35. The molecule has 1 fully saturated rings. The van der Waals surface area contributed by atoms with E-state index in [2.05, 4.69) is 10.3 Å². The van der Waals surface area contributed by atoms with Crippen molar-refractivity contribution in [2.45, 2.75) is 31.6 Å². The van der Waals surface area contributed by atoms with Crippen LogP contribution in [-0.4, -0.2) is 24.1 Å². The molecule has 0 unspecified atom stereocenters. The summed E-state index contributed by atoms with van der Waals surface area (Å²) in [5, 5.41) is 4.25. The van der Waals surface area contributed by atoms with E-state index in [1.54, 1.807) is 0 Å². The van der Waals surface area contributed by atoms with Crippen LogP contribution in [0.5, 0.6) is 0 Å². The van der Waals surface area contributed by atoms with Gasteiger partial charge in [-0.05, 0) is 36.6 Å². The van der Waals surface area contributed by atoms with Crippen LogP contribution in [0.1, 0.15) is 24.0 Å². The number of pyridine rings is 1. The molecule has 0 atom stereocenters. The number of halogens is 4. The molecule has 3 nitrogen and oxygen atoms in total. The Bertz CT molecular complexity index is 695. The van der Waals surface area contributed by atoms with Gasteiger partial charge in [0.15, 0.2) is 0 Å². The van der Waals surface area contributed by atoms with E-state index in [0.29, 0.717) is 18.4 Å². The van der Waals surface area contributed by atoms with Crippen molar-refractivity contribution < 1.29 is 13.2 Å². The number of hydrogen-bond donors (Lipinski definition) is 1. The molecular formula is C18H19ClF3N3. The van der Waals surface area contributed by atoms with E-state index in [1.165, 1.54) is 6.07 Å². The Hall–Kier alpha value is -1.79. The van der Waals surface area contributed by atoms with Gasteiger partial charge in [0.05, 0.1) is 5.56 Å². The molecule has 0 saturated carbocycles. The number of piperidine rings is 1. The lowest BCUT2D eigenvalue weighted by atomic mass is 10.0. The van der Waals surface area contributed by atoms with Crippen LogP contribution in [0.25, 0.3) is 0 Å². The van der Waals surface area contributed by atoms with Gasteiger partial charge in [0.2, 0.25) is 0 Å². The van der Waals surface area contributed by atoms with Crippen molar-refractivity contribution in [2.75, 3.05) is 18.0 Å². The highest BCUT2D eigenvalue weighted by Crippen LogP contribution is 2.29. The first-order chi connectivity index (χ1) is 11.9. The molecule has 134 valence electrons. The maximum absolute atomic E-state index is 12.6. The standard InChI is InChI=1S/C18H19ClF3N3/c19-16-4-2-1-3-13(16)11-23-15-7-9-25(10-8-15)17-6-5-14(12-24-17)18(20,21)22/h1-6,12,15,23H,7-11H2. The number of aromatic nitrogens is 1. The van der Waals surface area contributed by atoms with Crippen molar-refractivity contribution in [2.24, 2.45) is 0 Å². The molecule has 3 rings (SSSR count). The summed E-state index contributed by atoms with van der Waals surface area (Å²) in [5.41, 5.74) is 0.351. The fourth-order valence-corrected chi connectivity index (χ4v) is 3.15. The van der Waals surface area contributed by atoms with Crippen LogP contribution in [0.4, 0.5) is 19.0 Å². The first kappa shape index (κ1) is 18.0. The van der Waals surface area contributed by atoms with Gasteiger partial charge >= 0.3 is 6.18 Å². The lowest BCUT2D eigenvalue weighted by Crippen LogP contribution is -2.42. The van der Waals surface area contributed by atoms with Crippen molar-refractivity contribution in [3.63, 3.8) is 0 Å². The Morgan fingerprint density at radius 1 is 1.12 bits per heavy atom. The van der Waals surface area contributed by atoms with Crippen molar-refractivity contribution in [3.05, 3.63) is 58.7 Å². The molecule has 1 aromatic carbocycles. The molecule has 1 aliphatic rings. The van der Waals surface area contributed by atoms with Crippen LogP contribution in [-0.2, 0) is 12.7 Å². The Morgan fingerprint density at radius 3 is 2.44 bits per heavy atom. The Kier molecular flexibility index (Phi) is 5.49. The topological polar surface area (TPSA) is 28.2 Å². The number of nitrogens with one attached hydrogen (secondary N) is 1. The minimum absolute atomic E-state index is 0.363. The second-order valence-corrected chi connectivity index (χ2v) is 6.54. The number of rotatable bonds is 4. The van der Waals surface area contributed by atoms with E-state index in [1.807, 2.05) is 29.2 Å². The molecule has 0 spiro atoms. The molecule has 25 heavy (non-hydrogen) atoms. The number of hydrogen-bond acceptors (Lipinski definition) is 3. The van der Waals surface area contributed by atoms with Crippen molar-refractivity contribution >= 4 is 17.4 Å². The number of alkyl halides is 3. The monoisotopic (exact) mass is 369 g/mol. The van der Waals surface area contributed by atoms with Gasteiger partial charge < -0.3 is 10.2 Å². The van der Waals surface area contributed by atoms with Crippen LogP contribution in [0, 0.1) is 0 Å². The van der Waals surface area contributed by atoms with Crippen LogP contribution >= 0.6 is 11.6 Å². The largest absolute Gasteiger partial charge is 0.417 e. The quantitative estimate of drug-likeness (QED) is 0.859. The van der Waals surface area contributed by atoms with Crippen LogP contribution in [0.15, 0.2) is 42.6 Å². The summed E-state index contributed by atoms with van der Waals surface area (Å²) < 4.78 is 37.8. The fourth-order valence-electron chi connectivity index (χ4n) is 2.95. The van der Waals surface area contributed by atoms with Gasteiger partial charge in [-0.2, -0.15) is 13.2 Å². The number of anilines is 1. The molecule has 1 N–H and O–H groups in total. The third-order valence-electron chi connectivity index (χ3n) is 4.43. The Morgan fingerprint density at radius 2 is 1.84 bits per heavy atom. The van der Waals surface area contributed by atoms with E-state index < -0.39 is 11.7 Å². The predicted octanol–water partition coefficient (Wildman–Crippen LogP) is 4.51. The fraction of sp³-hybridized carbons (Fsp3) is 0.389.